The first-order chi connectivity index (χ1) is 15.6. The molecule has 0 bridgehead atoms. The van der Waals surface area contributed by atoms with Crippen molar-refractivity contribution in [3.05, 3.63) is 35.5 Å². The Labute approximate surface area is 192 Å². The standard InChI is InChI=1S/C26H38N2O4/c1-4-6-17-31-18-8-15-28-25(29)23(21-10-12-22(13-11-21)32-16-5-2)24(26(28)30)27-14-7-9-20(3)19-27/h10-13,20H,4-9,14-19H2,1-3H3. The van der Waals surface area contributed by atoms with E-state index in [1.807, 2.05) is 24.3 Å². The fourth-order valence-electron chi connectivity index (χ4n) is 4.32. The minimum Gasteiger partial charge on any atom is -0.494 e. The molecule has 1 atom stereocenters. The van der Waals surface area contributed by atoms with E-state index in [0.717, 1.165) is 63.1 Å². The predicted molar refractivity (Wildman–Crippen MR) is 126 cm³/mol. The average Bonchev–Trinajstić information content (AvgIpc) is 3.05. The molecule has 0 spiro atoms. The summed E-state index contributed by atoms with van der Waals surface area (Å²) in [6, 6.07) is 7.57. The number of carbonyl (C=O) groups excluding carboxylic acids is 2. The molecule has 1 unspecified atom stereocenters. The Morgan fingerprint density at radius 3 is 2.41 bits per heavy atom. The highest BCUT2D eigenvalue weighted by atomic mass is 16.5. The number of hydrogen-bond donors (Lipinski definition) is 0. The fourth-order valence-corrected chi connectivity index (χ4v) is 4.32. The van der Waals surface area contributed by atoms with E-state index in [1.165, 1.54) is 4.90 Å². The first kappa shape index (κ1) is 24.3. The first-order valence-corrected chi connectivity index (χ1v) is 12.2. The zero-order chi connectivity index (χ0) is 22.9. The van der Waals surface area contributed by atoms with Crippen LogP contribution in [0.4, 0.5) is 0 Å². The normalized spacial score (nSPS) is 19.3. The SMILES string of the molecule is CCCCOCCCN1C(=O)C(c2ccc(OCCC)cc2)=C(N2CCCC(C)C2)C1=O. The number of benzene rings is 1. The van der Waals surface area contributed by atoms with E-state index in [0.29, 0.717) is 43.4 Å². The van der Waals surface area contributed by atoms with Crippen LogP contribution >= 0.6 is 0 Å². The second-order valence-corrected chi connectivity index (χ2v) is 8.87. The molecule has 6 nitrogen and oxygen atoms in total. The Morgan fingerprint density at radius 2 is 1.72 bits per heavy atom. The Kier molecular flexibility index (Phi) is 9.15. The lowest BCUT2D eigenvalue weighted by Gasteiger charge is -2.33. The molecule has 3 rings (SSSR count). The topological polar surface area (TPSA) is 59.1 Å². The molecule has 6 heteroatoms. The Morgan fingerprint density at radius 1 is 0.969 bits per heavy atom. The molecule has 32 heavy (non-hydrogen) atoms. The van der Waals surface area contributed by atoms with Crippen LogP contribution in [-0.2, 0) is 14.3 Å². The molecule has 1 aromatic carbocycles. The molecule has 0 radical (unpaired) electrons. The lowest BCUT2D eigenvalue weighted by atomic mass is 9.97. The molecule has 0 saturated carbocycles. The van der Waals surface area contributed by atoms with Crippen LogP contribution < -0.4 is 4.74 Å². The Balaban J connectivity index is 1.80. The molecular weight excluding hydrogens is 404 g/mol. The van der Waals surface area contributed by atoms with Gasteiger partial charge >= 0.3 is 0 Å². The van der Waals surface area contributed by atoms with Crippen molar-refractivity contribution in [2.45, 2.75) is 59.3 Å². The summed E-state index contributed by atoms with van der Waals surface area (Å²) in [7, 11) is 0. The summed E-state index contributed by atoms with van der Waals surface area (Å²) in [6.07, 6.45) is 5.91. The van der Waals surface area contributed by atoms with E-state index in [4.69, 9.17) is 9.47 Å². The number of nitrogens with zero attached hydrogens (tertiary/aromatic N) is 2. The molecule has 1 fully saturated rings. The molecule has 2 amide bonds. The van der Waals surface area contributed by atoms with Gasteiger partial charge in [-0.1, -0.05) is 39.3 Å². The molecule has 1 saturated heterocycles. The van der Waals surface area contributed by atoms with Gasteiger partial charge in [0.2, 0.25) is 0 Å². The third-order valence-corrected chi connectivity index (χ3v) is 6.05. The number of likely N-dealkylation sites (tertiary alicyclic amines) is 1. The molecule has 0 aliphatic carbocycles. The summed E-state index contributed by atoms with van der Waals surface area (Å²) < 4.78 is 11.3. The third kappa shape index (κ3) is 5.91. The lowest BCUT2D eigenvalue weighted by molar-refractivity contribution is -0.137. The summed E-state index contributed by atoms with van der Waals surface area (Å²) >= 11 is 0. The molecule has 0 N–H and O–H groups in total. The number of carbonyl (C=O) groups is 2. The van der Waals surface area contributed by atoms with Gasteiger partial charge in [-0.3, -0.25) is 14.5 Å². The maximum atomic E-state index is 13.4. The predicted octanol–water partition coefficient (Wildman–Crippen LogP) is 4.49. The number of ether oxygens (including phenoxy) is 2. The smallest absolute Gasteiger partial charge is 0.277 e. The monoisotopic (exact) mass is 442 g/mol. The van der Waals surface area contributed by atoms with Crippen molar-refractivity contribution in [2.75, 3.05) is 39.5 Å². The minimum absolute atomic E-state index is 0.168. The van der Waals surface area contributed by atoms with Gasteiger partial charge in [0.1, 0.15) is 11.4 Å². The molecule has 2 aliphatic rings. The van der Waals surface area contributed by atoms with Crippen LogP contribution in [0.1, 0.15) is 64.9 Å². The van der Waals surface area contributed by atoms with Crippen molar-refractivity contribution in [1.82, 2.24) is 9.80 Å². The zero-order valence-corrected chi connectivity index (χ0v) is 19.9. The van der Waals surface area contributed by atoms with Crippen molar-refractivity contribution in [3.63, 3.8) is 0 Å². The third-order valence-electron chi connectivity index (χ3n) is 6.05. The van der Waals surface area contributed by atoms with Gasteiger partial charge in [0.25, 0.3) is 11.8 Å². The van der Waals surface area contributed by atoms with Crippen LogP contribution in [0.25, 0.3) is 5.57 Å². The second-order valence-electron chi connectivity index (χ2n) is 8.87. The second kappa shape index (κ2) is 12.0. The van der Waals surface area contributed by atoms with Crippen molar-refractivity contribution < 1.29 is 19.1 Å². The zero-order valence-electron chi connectivity index (χ0n) is 19.9. The van der Waals surface area contributed by atoms with Crippen molar-refractivity contribution in [1.29, 1.82) is 0 Å². The quantitative estimate of drug-likeness (QED) is 0.352. The molecule has 2 aliphatic heterocycles. The Bertz CT molecular complexity index is 803. The first-order valence-electron chi connectivity index (χ1n) is 12.2. The molecule has 2 heterocycles. The number of hydrogen-bond acceptors (Lipinski definition) is 5. The van der Waals surface area contributed by atoms with E-state index in [1.54, 1.807) is 0 Å². The summed E-state index contributed by atoms with van der Waals surface area (Å²) in [6.45, 7) is 10.4. The fraction of sp³-hybridized carbons (Fsp3) is 0.615. The van der Waals surface area contributed by atoms with E-state index in [-0.39, 0.29) is 11.8 Å². The van der Waals surface area contributed by atoms with Crippen LogP contribution in [0.3, 0.4) is 0 Å². The highest BCUT2D eigenvalue weighted by Crippen LogP contribution is 2.34. The van der Waals surface area contributed by atoms with Gasteiger partial charge in [-0.05, 0) is 55.7 Å². The van der Waals surface area contributed by atoms with E-state index < -0.39 is 0 Å². The summed E-state index contributed by atoms with van der Waals surface area (Å²) in [5.41, 5.74) is 1.87. The summed E-state index contributed by atoms with van der Waals surface area (Å²) in [5.74, 6) is 0.923. The molecule has 0 aromatic heterocycles. The summed E-state index contributed by atoms with van der Waals surface area (Å²) in [5, 5.41) is 0. The molecular formula is C26H38N2O4. The van der Waals surface area contributed by atoms with Crippen LogP contribution in [0.2, 0.25) is 0 Å². The van der Waals surface area contributed by atoms with Gasteiger partial charge < -0.3 is 14.4 Å². The average molecular weight is 443 g/mol. The van der Waals surface area contributed by atoms with Crippen molar-refractivity contribution in [2.24, 2.45) is 5.92 Å². The van der Waals surface area contributed by atoms with E-state index in [2.05, 4.69) is 25.7 Å². The minimum atomic E-state index is -0.195. The largest absolute Gasteiger partial charge is 0.494 e. The van der Waals surface area contributed by atoms with Crippen LogP contribution in [0, 0.1) is 5.92 Å². The number of unbranched alkanes of at least 4 members (excludes halogenated alkanes) is 1. The van der Waals surface area contributed by atoms with E-state index >= 15 is 0 Å². The maximum absolute atomic E-state index is 13.4. The van der Waals surface area contributed by atoms with Gasteiger partial charge in [-0.15, -0.1) is 0 Å². The van der Waals surface area contributed by atoms with Gasteiger partial charge in [0.05, 0.1) is 12.2 Å². The van der Waals surface area contributed by atoms with Gasteiger partial charge in [0, 0.05) is 32.8 Å². The Hall–Kier alpha value is -2.34. The van der Waals surface area contributed by atoms with Crippen molar-refractivity contribution >= 4 is 17.4 Å². The number of piperidine rings is 1. The molecule has 1 aromatic rings. The van der Waals surface area contributed by atoms with Crippen LogP contribution in [-0.4, -0.2) is 61.1 Å². The number of amides is 2. The van der Waals surface area contributed by atoms with Crippen molar-refractivity contribution in [3.8, 4) is 5.75 Å². The highest BCUT2D eigenvalue weighted by Gasteiger charge is 2.41. The maximum Gasteiger partial charge on any atom is 0.277 e. The van der Waals surface area contributed by atoms with Crippen LogP contribution in [0.15, 0.2) is 30.0 Å². The van der Waals surface area contributed by atoms with E-state index in [9.17, 15) is 9.59 Å². The number of imide groups is 1. The van der Waals surface area contributed by atoms with Gasteiger partial charge in [0.15, 0.2) is 0 Å². The summed E-state index contributed by atoms with van der Waals surface area (Å²) in [4.78, 5) is 30.4. The lowest BCUT2D eigenvalue weighted by Crippen LogP contribution is -2.39. The van der Waals surface area contributed by atoms with Gasteiger partial charge in [-0.25, -0.2) is 0 Å². The highest BCUT2D eigenvalue weighted by molar-refractivity contribution is 6.35. The van der Waals surface area contributed by atoms with Crippen LogP contribution in [0.5, 0.6) is 5.75 Å². The molecule has 176 valence electrons. The van der Waals surface area contributed by atoms with Gasteiger partial charge in [-0.2, -0.15) is 0 Å². The number of rotatable bonds is 12.